The molecule has 1 fully saturated rings. The van der Waals surface area contributed by atoms with Crippen LogP contribution in [0.25, 0.3) is 11.5 Å². The van der Waals surface area contributed by atoms with Crippen LogP contribution in [0, 0.1) is 5.92 Å². The number of nitrogens with one attached hydrogen (secondary N) is 1. The van der Waals surface area contributed by atoms with Crippen LogP contribution >= 0.6 is 15.9 Å². The van der Waals surface area contributed by atoms with E-state index in [-0.39, 0.29) is 0 Å². The van der Waals surface area contributed by atoms with Crippen molar-refractivity contribution < 1.29 is 4.42 Å². The van der Waals surface area contributed by atoms with Gasteiger partial charge in [0.25, 0.3) is 0 Å². The Labute approximate surface area is 127 Å². The molecule has 5 heteroatoms. The molecule has 0 amide bonds. The Morgan fingerprint density at radius 1 is 1.25 bits per heavy atom. The smallest absolute Gasteiger partial charge is 0.248 e. The summed E-state index contributed by atoms with van der Waals surface area (Å²) in [6, 6.07) is 7.86. The highest BCUT2D eigenvalue weighted by atomic mass is 79.9. The van der Waals surface area contributed by atoms with Crippen LogP contribution in [0.5, 0.6) is 0 Å². The Morgan fingerprint density at radius 2 is 2.10 bits per heavy atom. The largest absolute Gasteiger partial charge is 0.419 e. The monoisotopic (exact) mass is 335 g/mol. The fraction of sp³-hybridized carbons (Fsp3) is 0.467. The molecule has 1 aromatic heterocycles. The summed E-state index contributed by atoms with van der Waals surface area (Å²) in [6.45, 7) is 1.67. The Balaban J connectivity index is 1.52. The molecule has 0 unspecified atom stereocenters. The van der Waals surface area contributed by atoms with Gasteiger partial charge in [-0.25, -0.2) is 0 Å². The molecule has 0 saturated heterocycles. The first-order valence-electron chi connectivity index (χ1n) is 7.11. The summed E-state index contributed by atoms with van der Waals surface area (Å²) in [4.78, 5) is 0. The molecule has 20 heavy (non-hydrogen) atoms. The lowest BCUT2D eigenvalue weighted by atomic mass is 9.83. The molecule has 2 aromatic rings. The van der Waals surface area contributed by atoms with Gasteiger partial charge in [-0.15, -0.1) is 10.2 Å². The second-order valence-electron chi connectivity index (χ2n) is 5.24. The molecule has 4 nitrogen and oxygen atoms in total. The third-order valence-corrected chi connectivity index (χ3v) is 4.49. The summed E-state index contributed by atoms with van der Waals surface area (Å²) in [5.41, 5.74) is 0.931. The van der Waals surface area contributed by atoms with Crippen molar-refractivity contribution in [1.29, 1.82) is 0 Å². The minimum atomic E-state index is 0.563. The molecular weight excluding hydrogens is 318 g/mol. The van der Waals surface area contributed by atoms with Gasteiger partial charge in [-0.1, -0.05) is 31.4 Å². The quantitative estimate of drug-likeness (QED) is 0.816. The van der Waals surface area contributed by atoms with Crippen LogP contribution < -0.4 is 5.32 Å². The Kier molecular flexibility index (Phi) is 4.47. The summed E-state index contributed by atoms with van der Waals surface area (Å²) in [7, 11) is 0. The molecule has 0 atom stereocenters. The minimum absolute atomic E-state index is 0.563. The van der Waals surface area contributed by atoms with Crippen molar-refractivity contribution in [1.82, 2.24) is 15.5 Å². The highest BCUT2D eigenvalue weighted by Crippen LogP contribution is 2.29. The first kappa shape index (κ1) is 13.8. The lowest BCUT2D eigenvalue weighted by Gasteiger charge is -2.24. The number of rotatable bonds is 6. The zero-order chi connectivity index (χ0) is 13.8. The molecule has 1 N–H and O–H groups in total. The predicted octanol–water partition coefficient (Wildman–Crippen LogP) is 3.78. The summed E-state index contributed by atoms with van der Waals surface area (Å²) < 4.78 is 6.65. The number of halogens is 1. The van der Waals surface area contributed by atoms with Crippen molar-refractivity contribution in [3.8, 4) is 11.5 Å². The van der Waals surface area contributed by atoms with Gasteiger partial charge in [-0.05, 0) is 46.9 Å². The normalized spacial score (nSPS) is 15.2. The fourth-order valence-electron chi connectivity index (χ4n) is 2.35. The lowest BCUT2D eigenvalue weighted by molar-refractivity contribution is 0.290. The molecule has 3 rings (SSSR count). The van der Waals surface area contributed by atoms with Crippen LogP contribution in [0.4, 0.5) is 0 Å². The molecule has 1 saturated carbocycles. The second kappa shape index (κ2) is 6.50. The Hall–Kier alpha value is -1.20. The zero-order valence-corrected chi connectivity index (χ0v) is 12.9. The van der Waals surface area contributed by atoms with E-state index in [2.05, 4.69) is 31.4 Å². The summed E-state index contributed by atoms with van der Waals surface area (Å²) >= 11 is 3.49. The van der Waals surface area contributed by atoms with E-state index in [0.29, 0.717) is 18.3 Å². The molecule has 106 valence electrons. The standard InChI is InChI=1S/C15H18BrN3O/c16-13-7-2-1-6-12(13)15-19-18-14(20-15)10-17-9-8-11-4-3-5-11/h1-2,6-7,11,17H,3-5,8-10H2. The summed E-state index contributed by atoms with van der Waals surface area (Å²) in [5.74, 6) is 2.14. The van der Waals surface area contributed by atoms with Crippen LogP contribution in [-0.2, 0) is 6.54 Å². The van der Waals surface area contributed by atoms with E-state index in [9.17, 15) is 0 Å². The van der Waals surface area contributed by atoms with E-state index in [4.69, 9.17) is 4.42 Å². The third kappa shape index (κ3) is 3.27. The van der Waals surface area contributed by atoms with Crippen LogP contribution in [0.15, 0.2) is 33.2 Å². The minimum Gasteiger partial charge on any atom is -0.419 e. The van der Waals surface area contributed by atoms with Gasteiger partial charge in [-0.2, -0.15) is 0 Å². The predicted molar refractivity (Wildman–Crippen MR) is 81.1 cm³/mol. The van der Waals surface area contributed by atoms with Gasteiger partial charge in [-0.3, -0.25) is 0 Å². The van der Waals surface area contributed by atoms with E-state index in [1.54, 1.807) is 0 Å². The SMILES string of the molecule is Brc1ccccc1-c1nnc(CNCCC2CCC2)o1. The van der Waals surface area contributed by atoms with Gasteiger partial charge in [0.15, 0.2) is 0 Å². The Bertz CT molecular complexity index is 566. The number of hydrogen-bond donors (Lipinski definition) is 1. The van der Waals surface area contributed by atoms with Crippen molar-refractivity contribution >= 4 is 15.9 Å². The average Bonchev–Trinajstić information content (AvgIpc) is 2.85. The molecule has 1 aromatic carbocycles. The van der Waals surface area contributed by atoms with Crippen molar-refractivity contribution in [3.63, 3.8) is 0 Å². The molecule has 1 aliphatic carbocycles. The third-order valence-electron chi connectivity index (χ3n) is 3.80. The molecular formula is C15H18BrN3O. The summed E-state index contributed by atoms with van der Waals surface area (Å²) in [6.07, 6.45) is 5.46. The van der Waals surface area contributed by atoms with Crippen molar-refractivity contribution in [2.45, 2.75) is 32.2 Å². The van der Waals surface area contributed by atoms with E-state index < -0.39 is 0 Å². The van der Waals surface area contributed by atoms with Crippen molar-refractivity contribution in [2.24, 2.45) is 5.92 Å². The number of aromatic nitrogens is 2. The van der Waals surface area contributed by atoms with E-state index in [0.717, 1.165) is 22.5 Å². The van der Waals surface area contributed by atoms with Crippen LogP contribution in [-0.4, -0.2) is 16.7 Å². The summed E-state index contributed by atoms with van der Waals surface area (Å²) in [5, 5.41) is 11.6. The van der Waals surface area contributed by atoms with E-state index in [1.165, 1.54) is 25.7 Å². The van der Waals surface area contributed by atoms with Crippen molar-refractivity contribution in [2.75, 3.05) is 6.54 Å². The first-order chi connectivity index (χ1) is 9.83. The zero-order valence-electron chi connectivity index (χ0n) is 11.3. The van der Waals surface area contributed by atoms with Gasteiger partial charge in [0, 0.05) is 4.47 Å². The lowest BCUT2D eigenvalue weighted by Crippen LogP contribution is -2.21. The van der Waals surface area contributed by atoms with E-state index in [1.807, 2.05) is 24.3 Å². The highest BCUT2D eigenvalue weighted by molar-refractivity contribution is 9.10. The average molecular weight is 336 g/mol. The molecule has 0 aliphatic heterocycles. The number of nitrogens with zero attached hydrogens (tertiary/aromatic N) is 2. The van der Waals surface area contributed by atoms with Gasteiger partial charge in [0.2, 0.25) is 11.8 Å². The molecule has 0 radical (unpaired) electrons. The van der Waals surface area contributed by atoms with Gasteiger partial charge < -0.3 is 9.73 Å². The molecule has 1 heterocycles. The number of benzene rings is 1. The van der Waals surface area contributed by atoms with Gasteiger partial charge in [0.1, 0.15) is 0 Å². The highest BCUT2D eigenvalue weighted by Gasteiger charge is 2.16. The van der Waals surface area contributed by atoms with Crippen LogP contribution in [0.1, 0.15) is 31.6 Å². The molecule has 0 bridgehead atoms. The molecule has 1 aliphatic rings. The van der Waals surface area contributed by atoms with Crippen molar-refractivity contribution in [3.05, 3.63) is 34.6 Å². The Morgan fingerprint density at radius 3 is 2.85 bits per heavy atom. The topological polar surface area (TPSA) is 51.0 Å². The second-order valence-corrected chi connectivity index (χ2v) is 6.10. The van der Waals surface area contributed by atoms with E-state index >= 15 is 0 Å². The number of hydrogen-bond acceptors (Lipinski definition) is 4. The molecule has 0 spiro atoms. The fourth-order valence-corrected chi connectivity index (χ4v) is 2.81. The van der Waals surface area contributed by atoms with Gasteiger partial charge in [0.05, 0.1) is 12.1 Å². The maximum Gasteiger partial charge on any atom is 0.248 e. The van der Waals surface area contributed by atoms with Crippen LogP contribution in [0.3, 0.4) is 0 Å². The maximum atomic E-state index is 5.68. The van der Waals surface area contributed by atoms with Crippen LogP contribution in [0.2, 0.25) is 0 Å². The van der Waals surface area contributed by atoms with Gasteiger partial charge >= 0.3 is 0 Å². The first-order valence-corrected chi connectivity index (χ1v) is 7.90. The maximum absolute atomic E-state index is 5.68.